The number of nitrogens with zero attached hydrogens (tertiary/aromatic N) is 3. The number of aliphatic imine (C=N–C) groups is 1. The van der Waals surface area contributed by atoms with Gasteiger partial charge in [0.25, 0.3) is 0 Å². The van der Waals surface area contributed by atoms with Crippen LogP contribution >= 0.6 is 0 Å². The maximum absolute atomic E-state index is 11.3. The van der Waals surface area contributed by atoms with E-state index >= 15 is 0 Å². The van der Waals surface area contributed by atoms with Gasteiger partial charge in [-0.2, -0.15) is 0 Å². The van der Waals surface area contributed by atoms with E-state index in [1.54, 1.807) is 7.05 Å². The summed E-state index contributed by atoms with van der Waals surface area (Å²) < 4.78 is 16.8. The topological polar surface area (TPSA) is 71.0 Å². The fourth-order valence-electron chi connectivity index (χ4n) is 0.964. The van der Waals surface area contributed by atoms with E-state index in [1.807, 2.05) is 0 Å². The Hall–Kier alpha value is -0.780. The van der Waals surface area contributed by atoms with Crippen molar-refractivity contribution >= 4 is 16.7 Å². The minimum Gasteiger partial charge on any atom is -0.424 e. The summed E-state index contributed by atoms with van der Waals surface area (Å²) in [5.41, 5.74) is 5.53. The van der Waals surface area contributed by atoms with Crippen LogP contribution in [0.4, 0.5) is 0 Å². The average Bonchev–Trinajstić information content (AvgIpc) is 2.28. The number of hydrogen-bond acceptors (Lipinski definition) is 4. The first-order valence-electron chi connectivity index (χ1n) is 3.85. The van der Waals surface area contributed by atoms with Gasteiger partial charge in [-0.05, 0) is 12.8 Å². The summed E-state index contributed by atoms with van der Waals surface area (Å²) in [4.78, 5) is 3.77. The zero-order chi connectivity index (χ0) is 8.97. The van der Waals surface area contributed by atoms with E-state index in [2.05, 4.69) is 9.36 Å². The average molecular weight is 189 g/mol. The van der Waals surface area contributed by atoms with E-state index in [0.717, 1.165) is 12.8 Å². The normalized spacial score (nSPS) is 21.8. The molecule has 0 atom stereocenters. The van der Waals surface area contributed by atoms with E-state index in [0.29, 0.717) is 19.0 Å². The second-order valence-electron chi connectivity index (χ2n) is 2.47. The number of hydrogen-bond donors (Lipinski definition) is 1. The van der Waals surface area contributed by atoms with Gasteiger partial charge in [-0.1, -0.05) is 10.8 Å². The van der Waals surface area contributed by atoms with E-state index in [4.69, 9.17) is 5.73 Å². The second-order valence-corrected chi connectivity index (χ2v) is 3.63. The largest absolute Gasteiger partial charge is 0.424 e. The highest BCUT2D eigenvalue weighted by atomic mass is 32.2. The summed E-state index contributed by atoms with van der Waals surface area (Å²) in [7, 11) is 0.258. The Kier molecular flexibility index (Phi) is 3.33. The van der Waals surface area contributed by atoms with Gasteiger partial charge in [-0.25, -0.2) is 0 Å². The van der Waals surface area contributed by atoms with Gasteiger partial charge in [0.05, 0.1) is 0 Å². The third-order valence-electron chi connectivity index (χ3n) is 1.64. The van der Waals surface area contributed by atoms with Crippen LogP contribution in [0.15, 0.2) is 9.36 Å². The van der Waals surface area contributed by atoms with Crippen LogP contribution in [0.1, 0.15) is 12.8 Å². The fourth-order valence-corrected chi connectivity index (χ4v) is 1.92. The van der Waals surface area contributed by atoms with Gasteiger partial charge < -0.3 is 18.6 Å². The lowest BCUT2D eigenvalue weighted by atomic mass is 10.3. The molecule has 70 valence electrons. The molecule has 0 spiro atoms. The summed E-state index contributed by atoms with van der Waals surface area (Å²) in [6, 6.07) is 0. The molecule has 0 aromatic heterocycles. The molecular weight excluding hydrogens is 176 g/mol. The van der Waals surface area contributed by atoms with Crippen molar-refractivity contribution in [2.45, 2.75) is 12.8 Å². The molecule has 0 radical (unpaired) electrons. The Balaban J connectivity index is 2.80. The Labute approximate surface area is 74.0 Å². The Morgan fingerprint density at radius 3 is 3.08 bits per heavy atom. The highest BCUT2D eigenvalue weighted by Crippen LogP contribution is 2.03. The number of nitrogens with two attached hydrogens (primary N) is 1. The molecule has 12 heavy (non-hydrogen) atoms. The first-order chi connectivity index (χ1) is 5.75. The minimum absolute atomic E-state index is 0.305. The first-order valence-corrected chi connectivity index (χ1v) is 4.91. The molecular formula is C6H13N4OS-. The third-order valence-corrected chi connectivity index (χ3v) is 2.79. The minimum atomic E-state index is -1.32. The molecule has 1 aliphatic heterocycles. The van der Waals surface area contributed by atoms with E-state index < -0.39 is 10.8 Å². The summed E-state index contributed by atoms with van der Waals surface area (Å²) in [5.74, 6) is 0.305. The molecule has 0 bridgehead atoms. The predicted molar refractivity (Wildman–Crippen MR) is 48.8 cm³/mol. The fraction of sp³-hybridized carbons (Fsp3) is 0.833. The molecule has 1 aliphatic rings. The zero-order valence-electron chi connectivity index (χ0n) is 7.06. The van der Waals surface area contributed by atoms with Crippen LogP contribution in [-0.4, -0.2) is 30.4 Å². The SMILES string of the molecule is CN=C(N)N1CCCCN=[S-]1=O. The molecule has 0 amide bonds. The van der Waals surface area contributed by atoms with Gasteiger partial charge >= 0.3 is 0 Å². The lowest BCUT2D eigenvalue weighted by Crippen LogP contribution is -2.35. The third kappa shape index (κ3) is 2.10. The molecule has 0 saturated heterocycles. The quantitative estimate of drug-likeness (QED) is 0.333. The molecule has 2 N–H and O–H groups in total. The standard InChI is InChI=1S/C6H13N4OS/c1-8-6(7)10-5-3-2-4-9-12(10)11/h2-5H2,1H3,(H2,7,8)/q-1. The highest BCUT2D eigenvalue weighted by Gasteiger charge is 2.02. The molecule has 0 saturated carbocycles. The van der Waals surface area contributed by atoms with Crippen molar-refractivity contribution in [2.75, 3.05) is 20.1 Å². The highest BCUT2D eigenvalue weighted by molar-refractivity contribution is 7.72. The number of rotatable bonds is 0. The zero-order valence-corrected chi connectivity index (χ0v) is 7.88. The molecule has 0 aliphatic carbocycles. The molecule has 1 heterocycles. The van der Waals surface area contributed by atoms with Crippen LogP contribution in [0.2, 0.25) is 0 Å². The molecule has 5 nitrogen and oxygen atoms in total. The van der Waals surface area contributed by atoms with Gasteiger partial charge in [0.15, 0.2) is 5.96 Å². The summed E-state index contributed by atoms with van der Waals surface area (Å²) in [6.45, 7) is 1.33. The van der Waals surface area contributed by atoms with Gasteiger partial charge in [0.2, 0.25) is 0 Å². The van der Waals surface area contributed by atoms with Crippen molar-refractivity contribution in [3.8, 4) is 0 Å². The molecule has 0 aromatic rings. The Morgan fingerprint density at radius 2 is 2.42 bits per heavy atom. The summed E-state index contributed by atoms with van der Waals surface area (Å²) >= 11 is 0. The Morgan fingerprint density at radius 1 is 1.67 bits per heavy atom. The number of guanidine groups is 1. The van der Waals surface area contributed by atoms with Crippen LogP contribution < -0.4 is 5.73 Å². The van der Waals surface area contributed by atoms with Gasteiger partial charge in [0, 0.05) is 20.1 Å². The van der Waals surface area contributed by atoms with Crippen molar-refractivity contribution in [3.05, 3.63) is 0 Å². The Bertz CT molecular complexity index is 256. The van der Waals surface area contributed by atoms with E-state index in [-0.39, 0.29) is 0 Å². The summed E-state index contributed by atoms with van der Waals surface area (Å²) in [5, 5.41) is 0. The monoisotopic (exact) mass is 189 g/mol. The van der Waals surface area contributed by atoms with Crippen LogP contribution in [-0.2, 0) is 15.0 Å². The van der Waals surface area contributed by atoms with Crippen LogP contribution in [0.5, 0.6) is 0 Å². The maximum atomic E-state index is 11.3. The first kappa shape index (κ1) is 9.31. The van der Waals surface area contributed by atoms with Gasteiger partial charge in [-0.3, -0.25) is 4.99 Å². The molecule has 0 unspecified atom stereocenters. The van der Waals surface area contributed by atoms with Crippen molar-refractivity contribution in [1.29, 1.82) is 0 Å². The smallest absolute Gasteiger partial charge is 0.174 e. The molecule has 6 heteroatoms. The predicted octanol–water partition coefficient (Wildman–Crippen LogP) is 0.0891. The van der Waals surface area contributed by atoms with Crippen LogP contribution in [0, 0.1) is 0 Å². The van der Waals surface area contributed by atoms with E-state index in [9.17, 15) is 4.21 Å². The molecule has 0 fully saturated rings. The second kappa shape index (κ2) is 4.30. The van der Waals surface area contributed by atoms with Crippen molar-refractivity contribution in [3.63, 3.8) is 0 Å². The van der Waals surface area contributed by atoms with E-state index in [1.165, 1.54) is 4.31 Å². The molecule has 0 aromatic carbocycles. The van der Waals surface area contributed by atoms with Crippen LogP contribution in [0.25, 0.3) is 0 Å². The van der Waals surface area contributed by atoms with Crippen molar-refractivity contribution in [2.24, 2.45) is 15.1 Å². The van der Waals surface area contributed by atoms with Crippen LogP contribution in [0.3, 0.4) is 0 Å². The lowest BCUT2D eigenvalue weighted by molar-refractivity contribution is 0.547. The molecule has 1 rings (SSSR count). The van der Waals surface area contributed by atoms with Gasteiger partial charge in [0.1, 0.15) is 0 Å². The lowest BCUT2D eigenvalue weighted by Gasteiger charge is -2.25. The van der Waals surface area contributed by atoms with Crippen molar-refractivity contribution in [1.82, 2.24) is 4.31 Å². The van der Waals surface area contributed by atoms with Crippen molar-refractivity contribution < 1.29 is 4.21 Å². The maximum Gasteiger partial charge on any atom is 0.174 e. The van der Waals surface area contributed by atoms with Gasteiger partial charge in [-0.15, -0.1) is 0 Å². The summed E-state index contributed by atoms with van der Waals surface area (Å²) in [6.07, 6.45) is 1.94.